The summed E-state index contributed by atoms with van der Waals surface area (Å²) in [5.74, 6) is 1.65. The largest absolute Gasteiger partial charge is 0.493 e. The van der Waals surface area contributed by atoms with Crippen LogP contribution in [-0.4, -0.2) is 39.9 Å². The molecule has 148 valence electrons. The molecule has 0 radical (unpaired) electrons. The van der Waals surface area contributed by atoms with Crippen LogP contribution in [0.15, 0.2) is 54.0 Å². The molecule has 4 rings (SSSR count). The van der Waals surface area contributed by atoms with Crippen molar-refractivity contribution in [3.63, 3.8) is 0 Å². The highest BCUT2D eigenvalue weighted by Crippen LogP contribution is 2.37. The molecule has 3 N–H and O–H groups in total. The van der Waals surface area contributed by atoms with E-state index in [1.807, 2.05) is 18.2 Å². The lowest BCUT2D eigenvalue weighted by Gasteiger charge is -2.27. The molecule has 9 heteroatoms. The smallest absolute Gasteiger partial charge is 0.248 e. The molecule has 0 saturated heterocycles. The number of carbonyl (C=O) groups is 1. The van der Waals surface area contributed by atoms with Crippen LogP contribution in [0, 0.1) is 0 Å². The van der Waals surface area contributed by atoms with Crippen molar-refractivity contribution in [2.45, 2.75) is 13.0 Å². The number of pyridine rings is 1. The molecule has 0 aliphatic carbocycles. The number of nitrogens with two attached hydrogens (primary N) is 1. The van der Waals surface area contributed by atoms with Gasteiger partial charge in [-0.05, 0) is 42.8 Å². The molecular formula is C20H20N6O3. The van der Waals surface area contributed by atoms with Gasteiger partial charge < -0.3 is 20.5 Å². The Morgan fingerprint density at radius 1 is 1.14 bits per heavy atom. The van der Waals surface area contributed by atoms with Gasteiger partial charge in [0.15, 0.2) is 17.3 Å². The number of hydrogen-bond acceptors (Lipinski definition) is 7. The number of rotatable bonds is 5. The third-order valence-corrected chi connectivity index (χ3v) is 4.78. The number of hydrogen-bond donors (Lipinski definition) is 2. The number of nitrogens with one attached hydrogen (secondary N) is 1. The normalized spacial score (nSPS) is 15.5. The fourth-order valence-electron chi connectivity index (χ4n) is 3.42. The molecule has 29 heavy (non-hydrogen) atoms. The highest BCUT2D eigenvalue weighted by molar-refractivity contribution is 5.95. The van der Waals surface area contributed by atoms with E-state index in [2.05, 4.69) is 20.4 Å². The highest BCUT2D eigenvalue weighted by atomic mass is 16.5. The number of fused-ring (bicyclic) bond motifs is 1. The molecule has 1 aliphatic heterocycles. The minimum Gasteiger partial charge on any atom is -0.493 e. The van der Waals surface area contributed by atoms with E-state index < -0.39 is 11.9 Å². The van der Waals surface area contributed by atoms with Gasteiger partial charge in [0.2, 0.25) is 11.9 Å². The van der Waals surface area contributed by atoms with Crippen LogP contribution in [0.25, 0.3) is 11.4 Å². The number of benzene rings is 1. The maximum Gasteiger partial charge on any atom is 0.248 e. The molecule has 0 bridgehead atoms. The zero-order chi connectivity index (χ0) is 20.5. The second-order valence-corrected chi connectivity index (χ2v) is 6.48. The fourth-order valence-corrected chi connectivity index (χ4v) is 3.42. The Labute approximate surface area is 167 Å². The first-order valence-electron chi connectivity index (χ1n) is 8.90. The summed E-state index contributed by atoms with van der Waals surface area (Å²) in [5.41, 5.74) is 8.33. The van der Waals surface area contributed by atoms with E-state index in [9.17, 15) is 4.79 Å². The second-order valence-electron chi connectivity index (χ2n) is 6.48. The Bertz CT molecular complexity index is 1110. The maximum absolute atomic E-state index is 12.2. The monoisotopic (exact) mass is 392 g/mol. The van der Waals surface area contributed by atoms with Gasteiger partial charge in [0.05, 0.1) is 19.8 Å². The highest BCUT2D eigenvalue weighted by Gasteiger charge is 2.33. The van der Waals surface area contributed by atoms with Gasteiger partial charge in [0.1, 0.15) is 6.04 Å². The fraction of sp³-hybridized carbons (Fsp3) is 0.200. The Hall–Kier alpha value is -3.88. The van der Waals surface area contributed by atoms with Gasteiger partial charge in [-0.1, -0.05) is 0 Å². The molecular weight excluding hydrogens is 372 g/mol. The molecule has 1 aliphatic rings. The van der Waals surface area contributed by atoms with Crippen molar-refractivity contribution in [2.75, 3.05) is 19.5 Å². The van der Waals surface area contributed by atoms with Crippen molar-refractivity contribution in [3.8, 4) is 22.9 Å². The van der Waals surface area contributed by atoms with Crippen LogP contribution in [0.2, 0.25) is 0 Å². The lowest BCUT2D eigenvalue weighted by Crippen LogP contribution is -2.31. The zero-order valence-corrected chi connectivity index (χ0v) is 16.2. The molecule has 1 unspecified atom stereocenters. The Kier molecular flexibility index (Phi) is 4.63. The molecule has 0 spiro atoms. The van der Waals surface area contributed by atoms with Crippen molar-refractivity contribution in [1.82, 2.24) is 19.7 Å². The van der Waals surface area contributed by atoms with Crippen molar-refractivity contribution in [2.24, 2.45) is 5.73 Å². The summed E-state index contributed by atoms with van der Waals surface area (Å²) in [7, 11) is 3.15. The first kappa shape index (κ1) is 18.5. The van der Waals surface area contributed by atoms with Crippen molar-refractivity contribution in [3.05, 3.63) is 59.6 Å². The summed E-state index contributed by atoms with van der Waals surface area (Å²) >= 11 is 0. The predicted molar refractivity (Wildman–Crippen MR) is 106 cm³/mol. The van der Waals surface area contributed by atoms with E-state index in [1.54, 1.807) is 50.4 Å². The van der Waals surface area contributed by atoms with Crippen LogP contribution >= 0.6 is 0 Å². The van der Waals surface area contributed by atoms with E-state index in [4.69, 9.17) is 15.2 Å². The van der Waals surface area contributed by atoms with Crippen LogP contribution in [-0.2, 0) is 4.79 Å². The number of methoxy groups -OCH3 is 2. The summed E-state index contributed by atoms with van der Waals surface area (Å²) in [5, 5.41) is 7.79. The summed E-state index contributed by atoms with van der Waals surface area (Å²) < 4.78 is 12.3. The van der Waals surface area contributed by atoms with E-state index in [0.717, 1.165) is 11.1 Å². The zero-order valence-electron chi connectivity index (χ0n) is 16.2. The van der Waals surface area contributed by atoms with E-state index in [1.165, 1.54) is 0 Å². The number of anilines is 1. The SMILES string of the molecule is COc1ccc(-c2nc3n(n2)C(c2ccncc2)C(C(N)=O)=C(C)N3)cc1OC. The number of amides is 1. The quantitative estimate of drug-likeness (QED) is 0.683. The summed E-state index contributed by atoms with van der Waals surface area (Å²) in [6.45, 7) is 1.79. The first-order valence-corrected chi connectivity index (χ1v) is 8.90. The minimum absolute atomic E-state index is 0.424. The second kappa shape index (κ2) is 7.27. The molecule has 0 saturated carbocycles. The van der Waals surface area contributed by atoms with Crippen LogP contribution < -0.4 is 20.5 Å². The van der Waals surface area contributed by atoms with Crippen LogP contribution in [0.1, 0.15) is 18.5 Å². The first-order chi connectivity index (χ1) is 14.0. The van der Waals surface area contributed by atoms with Crippen molar-refractivity contribution < 1.29 is 14.3 Å². The summed E-state index contributed by atoms with van der Waals surface area (Å²) in [6, 6.07) is 8.59. The Balaban J connectivity index is 1.84. The Morgan fingerprint density at radius 3 is 2.52 bits per heavy atom. The van der Waals surface area contributed by atoms with Gasteiger partial charge in [-0.2, -0.15) is 4.98 Å². The third-order valence-electron chi connectivity index (χ3n) is 4.78. The van der Waals surface area contributed by atoms with E-state index in [0.29, 0.717) is 34.5 Å². The topological polar surface area (TPSA) is 117 Å². The Morgan fingerprint density at radius 2 is 1.86 bits per heavy atom. The standard InChI is InChI=1S/C20H20N6O3/c1-11-16(18(21)27)17(12-6-8-22-9-7-12)26-20(23-11)24-19(25-26)13-4-5-14(28-2)15(10-13)29-3/h4-10,17H,1-3H3,(H2,21,27)(H,23,24,25). The van der Waals surface area contributed by atoms with Gasteiger partial charge in [-0.25, -0.2) is 4.68 Å². The number of carbonyl (C=O) groups excluding carboxylic acids is 1. The van der Waals surface area contributed by atoms with Gasteiger partial charge in [-0.3, -0.25) is 9.78 Å². The van der Waals surface area contributed by atoms with Gasteiger partial charge in [0.25, 0.3) is 0 Å². The number of nitrogens with zero attached hydrogens (tertiary/aromatic N) is 4. The third kappa shape index (κ3) is 3.16. The average Bonchev–Trinajstić information content (AvgIpc) is 3.16. The molecule has 1 atom stereocenters. The number of allylic oxidation sites excluding steroid dienone is 1. The molecule has 9 nitrogen and oxygen atoms in total. The summed E-state index contributed by atoms with van der Waals surface area (Å²) in [4.78, 5) is 20.9. The predicted octanol–water partition coefficient (Wildman–Crippen LogP) is 2.13. The molecule has 0 fully saturated rings. The van der Waals surface area contributed by atoms with Crippen LogP contribution in [0.4, 0.5) is 5.95 Å². The number of aromatic nitrogens is 4. The van der Waals surface area contributed by atoms with Crippen LogP contribution in [0.3, 0.4) is 0 Å². The average molecular weight is 392 g/mol. The molecule has 1 amide bonds. The van der Waals surface area contributed by atoms with Crippen LogP contribution in [0.5, 0.6) is 11.5 Å². The van der Waals surface area contributed by atoms with Crippen molar-refractivity contribution in [1.29, 1.82) is 0 Å². The number of ether oxygens (including phenoxy) is 2. The molecule has 1 aromatic carbocycles. The number of primary amides is 1. The molecule has 3 aromatic rings. The van der Waals surface area contributed by atoms with E-state index in [-0.39, 0.29) is 0 Å². The van der Waals surface area contributed by atoms with E-state index >= 15 is 0 Å². The molecule has 3 heterocycles. The molecule has 2 aromatic heterocycles. The van der Waals surface area contributed by atoms with Crippen molar-refractivity contribution >= 4 is 11.9 Å². The summed E-state index contributed by atoms with van der Waals surface area (Å²) in [6.07, 6.45) is 3.33. The van der Waals surface area contributed by atoms with Gasteiger partial charge in [-0.15, -0.1) is 5.10 Å². The lowest BCUT2D eigenvalue weighted by atomic mass is 9.96. The lowest BCUT2D eigenvalue weighted by molar-refractivity contribution is -0.115. The van der Waals surface area contributed by atoms with Gasteiger partial charge >= 0.3 is 0 Å². The van der Waals surface area contributed by atoms with Gasteiger partial charge in [0, 0.05) is 23.7 Å². The minimum atomic E-state index is -0.523. The maximum atomic E-state index is 12.2.